The number of aromatic nitrogens is 2. The molecule has 108 valence electrons. The van der Waals surface area contributed by atoms with E-state index >= 15 is 0 Å². The van der Waals surface area contributed by atoms with Crippen LogP contribution < -0.4 is 5.73 Å². The summed E-state index contributed by atoms with van der Waals surface area (Å²) in [4.78, 5) is 4.50. The lowest BCUT2D eigenvalue weighted by Gasteiger charge is -2.36. The number of nitrogens with two attached hydrogens (primary N) is 1. The van der Waals surface area contributed by atoms with Crippen LogP contribution in [-0.4, -0.2) is 17.3 Å². The quantitative estimate of drug-likeness (QED) is 0.908. The molecule has 1 aromatic heterocycles. The molecule has 19 heavy (non-hydrogen) atoms. The minimum absolute atomic E-state index is 0.212. The number of nitrogens with zero attached hydrogens (tertiary/aromatic N) is 2. The Kier molecular flexibility index (Phi) is 4.26. The van der Waals surface area contributed by atoms with Crippen LogP contribution >= 0.6 is 0 Å². The lowest BCUT2D eigenvalue weighted by Crippen LogP contribution is -2.35. The van der Waals surface area contributed by atoms with Crippen molar-refractivity contribution in [1.29, 1.82) is 0 Å². The second-order valence-electron chi connectivity index (χ2n) is 6.13. The largest absolute Gasteiger partial charge is 0.370 e. The van der Waals surface area contributed by atoms with Gasteiger partial charge in [0.05, 0.1) is 6.04 Å². The van der Waals surface area contributed by atoms with Crippen molar-refractivity contribution in [2.75, 3.05) is 7.11 Å². The average molecular weight is 267 g/mol. The highest BCUT2D eigenvalue weighted by molar-refractivity contribution is 5.05. The van der Waals surface area contributed by atoms with Gasteiger partial charge in [-0.3, -0.25) is 0 Å². The van der Waals surface area contributed by atoms with E-state index in [1.807, 2.05) is 13.8 Å². The van der Waals surface area contributed by atoms with E-state index in [0.29, 0.717) is 17.6 Å². The van der Waals surface area contributed by atoms with Crippen molar-refractivity contribution in [3.63, 3.8) is 0 Å². The summed E-state index contributed by atoms with van der Waals surface area (Å²) in [5.41, 5.74) is 5.66. The summed E-state index contributed by atoms with van der Waals surface area (Å²) in [7, 11) is 1.73. The van der Waals surface area contributed by atoms with Gasteiger partial charge in [-0.1, -0.05) is 32.3 Å². The molecule has 1 aromatic rings. The molecule has 1 saturated carbocycles. The highest BCUT2D eigenvalue weighted by Crippen LogP contribution is 2.41. The lowest BCUT2D eigenvalue weighted by atomic mass is 9.78. The van der Waals surface area contributed by atoms with Crippen LogP contribution in [0, 0.1) is 11.8 Å². The number of rotatable bonds is 4. The molecule has 1 fully saturated rings. The first-order chi connectivity index (χ1) is 8.98. The maximum Gasteiger partial charge on any atom is 0.243 e. The van der Waals surface area contributed by atoms with Gasteiger partial charge in [-0.15, -0.1) is 0 Å². The zero-order chi connectivity index (χ0) is 14.0. The van der Waals surface area contributed by atoms with Gasteiger partial charge < -0.3 is 15.0 Å². The van der Waals surface area contributed by atoms with Crippen LogP contribution in [-0.2, 0) is 10.3 Å². The zero-order valence-electron chi connectivity index (χ0n) is 12.3. The molecule has 0 amide bonds. The van der Waals surface area contributed by atoms with Crippen molar-refractivity contribution in [2.45, 2.75) is 58.1 Å². The van der Waals surface area contributed by atoms with Crippen molar-refractivity contribution in [3.8, 4) is 0 Å². The Morgan fingerprint density at radius 1 is 1.47 bits per heavy atom. The predicted octanol–water partition coefficient (Wildman–Crippen LogP) is 2.78. The van der Waals surface area contributed by atoms with E-state index in [9.17, 15) is 0 Å². The number of methoxy groups -OCH3 is 1. The van der Waals surface area contributed by atoms with Crippen LogP contribution in [0.25, 0.3) is 0 Å². The Bertz CT molecular complexity index is 419. The molecule has 0 saturated heterocycles. The number of hydrogen-bond acceptors (Lipinski definition) is 5. The van der Waals surface area contributed by atoms with Gasteiger partial charge >= 0.3 is 0 Å². The normalized spacial score (nSPS) is 29.7. The fourth-order valence-corrected chi connectivity index (χ4v) is 2.82. The van der Waals surface area contributed by atoms with Gasteiger partial charge in [0, 0.05) is 7.11 Å². The van der Waals surface area contributed by atoms with Gasteiger partial charge in [-0.2, -0.15) is 4.98 Å². The Labute approximate surface area is 114 Å². The van der Waals surface area contributed by atoms with E-state index in [2.05, 4.69) is 17.1 Å². The summed E-state index contributed by atoms with van der Waals surface area (Å²) in [5.74, 6) is 2.07. The van der Waals surface area contributed by atoms with Crippen molar-refractivity contribution < 1.29 is 9.26 Å². The predicted molar refractivity (Wildman–Crippen MR) is 72.4 cm³/mol. The van der Waals surface area contributed by atoms with Gasteiger partial charge in [-0.05, 0) is 31.1 Å². The van der Waals surface area contributed by atoms with Gasteiger partial charge in [0.15, 0.2) is 0 Å². The molecule has 2 N–H and O–H groups in total. The number of ether oxygens (including phenoxy) is 1. The molecule has 0 aromatic carbocycles. The SMILES string of the molecule is COC1(c2noc(C(N)C(C)C)n2)CCCC(C)C1. The maximum absolute atomic E-state index is 6.06. The van der Waals surface area contributed by atoms with Crippen molar-refractivity contribution >= 4 is 0 Å². The summed E-state index contributed by atoms with van der Waals surface area (Å²) >= 11 is 0. The Morgan fingerprint density at radius 3 is 2.79 bits per heavy atom. The molecule has 0 radical (unpaired) electrons. The van der Waals surface area contributed by atoms with E-state index in [0.717, 1.165) is 19.3 Å². The van der Waals surface area contributed by atoms with Gasteiger partial charge in [0.25, 0.3) is 0 Å². The van der Waals surface area contributed by atoms with Gasteiger partial charge in [0.2, 0.25) is 11.7 Å². The van der Waals surface area contributed by atoms with Crippen LogP contribution in [0.4, 0.5) is 0 Å². The second-order valence-corrected chi connectivity index (χ2v) is 6.13. The topological polar surface area (TPSA) is 74.2 Å². The molecule has 3 unspecified atom stereocenters. The van der Waals surface area contributed by atoms with E-state index < -0.39 is 5.60 Å². The third-order valence-corrected chi connectivity index (χ3v) is 4.20. The minimum Gasteiger partial charge on any atom is -0.370 e. The van der Waals surface area contributed by atoms with E-state index in [4.69, 9.17) is 15.0 Å². The molecular formula is C14H25N3O2. The Morgan fingerprint density at radius 2 is 2.21 bits per heavy atom. The Balaban J connectivity index is 2.24. The van der Waals surface area contributed by atoms with Crippen molar-refractivity contribution in [1.82, 2.24) is 10.1 Å². The number of hydrogen-bond donors (Lipinski definition) is 1. The first kappa shape index (κ1) is 14.5. The van der Waals surface area contributed by atoms with E-state index in [1.54, 1.807) is 7.11 Å². The fourth-order valence-electron chi connectivity index (χ4n) is 2.82. The first-order valence-electron chi connectivity index (χ1n) is 7.13. The molecule has 0 bridgehead atoms. The first-order valence-corrected chi connectivity index (χ1v) is 7.13. The van der Waals surface area contributed by atoms with Crippen LogP contribution in [0.1, 0.15) is 64.2 Å². The average Bonchev–Trinajstić information content (AvgIpc) is 2.87. The molecule has 0 aliphatic heterocycles. The standard InChI is InChI=1S/C14H25N3O2/c1-9(2)11(15)12-16-13(17-19-12)14(18-4)7-5-6-10(3)8-14/h9-11H,5-8,15H2,1-4H3. The fraction of sp³-hybridized carbons (Fsp3) is 0.857. The van der Waals surface area contributed by atoms with Gasteiger partial charge in [-0.25, -0.2) is 0 Å². The molecule has 3 atom stereocenters. The van der Waals surface area contributed by atoms with Crippen LogP contribution in [0.3, 0.4) is 0 Å². The summed E-state index contributed by atoms with van der Waals surface area (Å²) in [6, 6.07) is -0.212. The second kappa shape index (κ2) is 5.59. The minimum atomic E-state index is -0.393. The molecular weight excluding hydrogens is 242 g/mol. The third kappa shape index (κ3) is 2.82. The molecule has 2 rings (SSSR count). The highest BCUT2D eigenvalue weighted by Gasteiger charge is 2.41. The monoisotopic (exact) mass is 267 g/mol. The summed E-state index contributed by atoms with van der Waals surface area (Å²) in [6.07, 6.45) is 4.26. The molecule has 0 spiro atoms. The molecule has 5 heteroatoms. The highest BCUT2D eigenvalue weighted by atomic mass is 16.5. The molecule has 1 aliphatic carbocycles. The van der Waals surface area contributed by atoms with Crippen molar-refractivity contribution in [3.05, 3.63) is 11.7 Å². The summed E-state index contributed by atoms with van der Waals surface area (Å²) < 4.78 is 11.1. The zero-order valence-corrected chi connectivity index (χ0v) is 12.3. The van der Waals surface area contributed by atoms with Gasteiger partial charge in [0.1, 0.15) is 5.60 Å². The van der Waals surface area contributed by atoms with Crippen LogP contribution in [0.5, 0.6) is 0 Å². The Hall–Kier alpha value is -0.940. The third-order valence-electron chi connectivity index (χ3n) is 4.20. The van der Waals surface area contributed by atoms with Crippen LogP contribution in [0.15, 0.2) is 4.52 Å². The molecule has 5 nitrogen and oxygen atoms in total. The smallest absolute Gasteiger partial charge is 0.243 e. The summed E-state index contributed by atoms with van der Waals surface area (Å²) in [5, 5.41) is 4.13. The van der Waals surface area contributed by atoms with E-state index in [1.165, 1.54) is 6.42 Å². The van der Waals surface area contributed by atoms with Crippen LogP contribution in [0.2, 0.25) is 0 Å². The van der Waals surface area contributed by atoms with E-state index in [-0.39, 0.29) is 12.0 Å². The molecule has 1 heterocycles. The van der Waals surface area contributed by atoms with Crippen molar-refractivity contribution in [2.24, 2.45) is 17.6 Å². The molecule has 1 aliphatic rings. The lowest BCUT2D eigenvalue weighted by molar-refractivity contribution is -0.0658. The maximum atomic E-state index is 6.06. The summed E-state index contributed by atoms with van der Waals surface area (Å²) in [6.45, 7) is 6.33.